The summed E-state index contributed by atoms with van der Waals surface area (Å²) in [4.78, 5) is 30.1. The summed E-state index contributed by atoms with van der Waals surface area (Å²) < 4.78 is 21.5. The number of thioether (sulfide) groups is 1. The summed E-state index contributed by atoms with van der Waals surface area (Å²) in [5.74, 6) is 1.48. The molecule has 0 aliphatic heterocycles. The molecule has 0 spiro atoms. The summed E-state index contributed by atoms with van der Waals surface area (Å²) in [5.41, 5.74) is 0. The minimum Gasteiger partial charge on any atom is -0.465 e. The second-order valence-electron chi connectivity index (χ2n) is 10.4. The number of carbonyl (C=O) groups excluding carboxylic acids is 1. The molecule has 9 heteroatoms. The number of nitrogens with zero attached hydrogens (tertiary/aromatic N) is 1. The Morgan fingerprint density at radius 2 is 1.41 bits per heavy atom. The molecule has 2 unspecified atom stereocenters. The van der Waals surface area contributed by atoms with E-state index in [9.17, 15) is 9.36 Å². The van der Waals surface area contributed by atoms with Gasteiger partial charge in [0, 0.05) is 12.2 Å². The molecule has 34 heavy (non-hydrogen) atoms. The number of phosphoric ester groups is 1. The summed E-state index contributed by atoms with van der Waals surface area (Å²) in [6.07, 6.45) is 16.7. The fraction of sp³-hybridized carbons (Fsp3) is 0.960. The van der Waals surface area contributed by atoms with Gasteiger partial charge in [-0.2, -0.15) is 11.8 Å². The zero-order valence-electron chi connectivity index (χ0n) is 22.5. The van der Waals surface area contributed by atoms with Crippen molar-refractivity contribution in [2.24, 2.45) is 5.92 Å². The number of unbranched alkanes of at least 4 members (excludes halogenated alkanes) is 11. The van der Waals surface area contributed by atoms with E-state index in [4.69, 9.17) is 14.5 Å². The van der Waals surface area contributed by atoms with Crippen LogP contribution in [0.25, 0.3) is 0 Å². The minimum atomic E-state index is -4.51. The van der Waals surface area contributed by atoms with E-state index in [-0.39, 0.29) is 31.1 Å². The van der Waals surface area contributed by atoms with Crippen LogP contribution in [0.2, 0.25) is 0 Å². The Labute approximate surface area is 213 Å². The zero-order chi connectivity index (χ0) is 25.9. The molecule has 0 heterocycles. The number of hydrogen-bond acceptors (Lipinski definition) is 5. The van der Waals surface area contributed by atoms with Crippen molar-refractivity contribution in [3.05, 3.63) is 0 Å². The van der Waals surface area contributed by atoms with E-state index in [1.807, 2.05) is 39.8 Å². The molecule has 0 aliphatic rings. The van der Waals surface area contributed by atoms with Gasteiger partial charge in [0.25, 0.3) is 0 Å². The molecule has 0 radical (unpaired) electrons. The van der Waals surface area contributed by atoms with Gasteiger partial charge in [0.1, 0.15) is 12.6 Å². The Morgan fingerprint density at radius 3 is 1.88 bits per heavy atom. The van der Waals surface area contributed by atoms with E-state index in [2.05, 4.69) is 11.4 Å². The molecule has 0 rings (SSSR count). The summed E-state index contributed by atoms with van der Waals surface area (Å²) in [7, 11) is 1.25. The maximum absolute atomic E-state index is 12.3. The smallest absolute Gasteiger partial charge is 0.465 e. The lowest BCUT2D eigenvalue weighted by molar-refractivity contribution is -0.896. The van der Waals surface area contributed by atoms with Crippen LogP contribution in [-0.2, 0) is 18.6 Å². The van der Waals surface area contributed by atoms with Gasteiger partial charge in [0.2, 0.25) is 0 Å². The number of rotatable bonds is 23. The van der Waals surface area contributed by atoms with Crippen LogP contribution in [0.15, 0.2) is 0 Å². The van der Waals surface area contributed by atoms with E-state index in [0.717, 1.165) is 11.5 Å². The van der Waals surface area contributed by atoms with Crippen LogP contribution in [0.5, 0.6) is 0 Å². The van der Waals surface area contributed by atoms with Crippen molar-refractivity contribution in [3.63, 3.8) is 0 Å². The van der Waals surface area contributed by atoms with Crippen LogP contribution >= 0.6 is 19.6 Å². The van der Waals surface area contributed by atoms with Gasteiger partial charge in [-0.1, -0.05) is 84.5 Å². The summed E-state index contributed by atoms with van der Waals surface area (Å²) >= 11 is 1.82. The SMILES string of the molecule is CCCCCCCCCCCCCCSCC(C)C(=O)OCCC(COP(=O)(O)O)[N+](C)(C)C. The van der Waals surface area contributed by atoms with E-state index < -0.39 is 7.82 Å². The number of carbonyl (C=O) groups is 1. The Morgan fingerprint density at radius 1 is 0.912 bits per heavy atom. The molecule has 0 bridgehead atoms. The Kier molecular flexibility index (Phi) is 19.9. The average Bonchev–Trinajstić information content (AvgIpc) is 2.74. The highest BCUT2D eigenvalue weighted by atomic mass is 32.2. The normalized spacial score (nSPS) is 14.2. The highest BCUT2D eigenvalue weighted by Crippen LogP contribution is 2.36. The molecule has 7 nitrogen and oxygen atoms in total. The lowest BCUT2D eigenvalue weighted by Gasteiger charge is -2.33. The van der Waals surface area contributed by atoms with Gasteiger partial charge in [-0.05, 0) is 12.2 Å². The number of hydrogen-bond donors (Lipinski definition) is 2. The van der Waals surface area contributed by atoms with Gasteiger partial charge >= 0.3 is 13.8 Å². The molecule has 0 aromatic rings. The van der Waals surface area contributed by atoms with E-state index >= 15 is 0 Å². The molecule has 0 fully saturated rings. The minimum absolute atomic E-state index is 0.0875. The first-order chi connectivity index (χ1) is 16.0. The number of quaternary nitrogens is 1. The quantitative estimate of drug-likeness (QED) is 0.0711. The largest absolute Gasteiger partial charge is 0.469 e. The Hall–Kier alpha value is -0.110. The van der Waals surface area contributed by atoms with Crippen molar-refractivity contribution in [1.29, 1.82) is 0 Å². The van der Waals surface area contributed by atoms with Crippen LogP contribution in [-0.4, -0.2) is 72.1 Å². The predicted octanol–water partition coefficient (Wildman–Crippen LogP) is 6.17. The molecule has 0 aliphatic carbocycles. The van der Waals surface area contributed by atoms with Gasteiger partial charge in [-0.15, -0.1) is 0 Å². The lowest BCUT2D eigenvalue weighted by atomic mass is 10.1. The van der Waals surface area contributed by atoms with Crippen molar-refractivity contribution in [2.45, 2.75) is 103 Å². The molecule has 0 aromatic carbocycles. The first-order valence-electron chi connectivity index (χ1n) is 13.2. The third-order valence-corrected chi connectivity index (χ3v) is 7.94. The predicted molar refractivity (Wildman–Crippen MR) is 143 cm³/mol. The van der Waals surface area contributed by atoms with Crippen LogP contribution in [0.4, 0.5) is 0 Å². The van der Waals surface area contributed by atoms with Crippen molar-refractivity contribution in [2.75, 3.05) is 45.9 Å². The molecule has 2 N–H and O–H groups in total. The fourth-order valence-electron chi connectivity index (χ4n) is 3.69. The second-order valence-corrected chi connectivity index (χ2v) is 12.8. The van der Waals surface area contributed by atoms with E-state index in [1.165, 1.54) is 77.0 Å². The van der Waals surface area contributed by atoms with Crippen LogP contribution in [0.3, 0.4) is 0 Å². The summed E-state index contributed by atoms with van der Waals surface area (Å²) in [5, 5.41) is 0. The molecule has 0 saturated carbocycles. The molecule has 2 atom stereocenters. The van der Waals surface area contributed by atoms with E-state index in [0.29, 0.717) is 10.9 Å². The fourth-order valence-corrected chi connectivity index (χ4v) is 5.12. The topological polar surface area (TPSA) is 93.1 Å². The Bertz CT molecular complexity index is 552. The van der Waals surface area contributed by atoms with Gasteiger partial charge in [-0.25, -0.2) is 4.57 Å². The maximum atomic E-state index is 12.3. The number of phosphoric acid groups is 1. The first-order valence-corrected chi connectivity index (χ1v) is 15.9. The number of esters is 1. The second kappa shape index (κ2) is 20.0. The molecule has 0 saturated heterocycles. The molecule has 204 valence electrons. The van der Waals surface area contributed by atoms with Gasteiger partial charge in [0.05, 0.1) is 33.7 Å². The molecular weight excluding hydrogens is 473 g/mol. The summed E-state index contributed by atoms with van der Waals surface area (Å²) in [6.45, 7) is 4.29. The third-order valence-electron chi connectivity index (χ3n) is 6.14. The van der Waals surface area contributed by atoms with Gasteiger partial charge in [0.15, 0.2) is 0 Å². The van der Waals surface area contributed by atoms with Crippen LogP contribution in [0.1, 0.15) is 97.3 Å². The maximum Gasteiger partial charge on any atom is 0.469 e. The van der Waals surface area contributed by atoms with Crippen molar-refractivity contribution in [1.82, 2.24) is 0 Å². The lowest BCUT2D eigenvalue weighted by Crippen LogP contribution is -2.48. The number of ether oxygens (including phenoxy) is 1. The standard InChI is InChI=1S/C25H52NO6PS/c1-6-7-8-9-10-11-12-13-14-15-16-17-20-34-22-23(2)25(27)31-19-18-24(26(3,4)5)21-32-33(28,29)30/h23-24H,6-22H2,1-5H3,(H-,28,29,30)/p+1. The van der Waals surface area contributed by atoms with Crippen LogP contribution in [0, 0.1) is 5.92 Å². The summed E-state index contributed by atoms with van der Waals surface area (Å²) in [6, 6.07) is -0.184. The zero-order valence-corrected chi connectivity index (χ0v) is 24.2. The number of likely N-dealkylation sites (N-methyl/N-ethyl adjacent to an activating group) is 1. The molecule has 0 aromatic heterocycles. The van der Waals surface area contributed by atoms with E-state index in [1.54, 1.807) is 0 Å². The first kappa shape index (κ1) is 33.9. The van der Waals surface area contributed by atoms with Crippen molar-refractivity contribution < 1.29 is 32.9 Å². The van der Waals surface area contributed by atoms with Crippen molar-refractivity contribution in [3.8, 4) is 0 Å². The van der Waals surface area contributed by atoms with Crippen molar-refractivity contribution >= 4 is 25.6 Å². The van der Waals surface area contributed by atoms with Gasteiger partial charge < -0.3 is 19.0 Å². The third kappa shape index (κ3) is 21.2. The van der Waals surface area contributed by atoms with Crippen LogP contribution < -0.4 is 0 Å². The monoisotopic (exact) mass is 526 g/mol. The highest BCUT2D eigenvalue weighted by Gasteiger charge is 2.28. The molecule has 0 amide bonds. The van der Waals surface area contributed by atoms with Gasteiger partial charge in [-0.3, -0.25) is 9.32 Å². The average molecular weight is 527 g/mol. The Balaban J connectivity index is 3.75. The highest BCUT2D eigenvalue weighted by molar-refractivity contribution is 7.99. The molecular formula is C25H53NO6PS+.